The second-order valence-electron chi connectivity index (χ2n) is 6.19. The van der Waals surface area contributed by atoms with Gasteiger partial charge in [-0.25, -0.2) is 23.1 Å². The number of ether oxygens (including phenoxy) is 2. The van der Waals surface area contributed by atoms with Crippen molar-refractivity contribution in [1.29, 1.82) is 5.41 Å². The van der Waals surface area contributed by atoms with Crippen molar-refractivity contribution < 1.29 is 27.4 Å². The number of nitrogens with one attached hydrogen (secondary N) is 2. The Morgan fingerprint density at radius 1 is 1.41 bits per heavy atom. The molecule has 0 radical (unpaired) electrons. The number of carbonyl (C=O) groups is 1. The molecule has 0 aromatic carbocycles. The Morgan fingerprint density at radius 3 is 2.69 bits per heavy atom. The summed E-state index contributed by atoms with van der Waals surface area (Å²) in [5.41, 5.74) is 4.93. The fraction of sp³-hybridized carbons (Fsp3) is 0.333. The van der Waals surface area contributed by atoms with Crippen molar-refractivity contribution in [3.8, 4) is 5.75 Å². The first-order chi connectivity index (χ1) is 13.5. The summed E-state index contributed by atoms with van der Waals surface area (Å²) in [4.78, 5) is 20.2. The van der Waals surface area contributed by atoms with Gasteiger partial charge in [-0.15, -0.1) is 0 Å². The first-order valence-corrected chi connectivity index (χ1v) is 8.38. The molecule has 4 N–H and O–H groups in total. The summed E-state index contributed by atoms with van der Waals surface area (Å²) in [5, 5.41) is 9.28. The molecule has 29 heavy (non-hydrogen) atoms. The highest BCUT2D eigenvalue weighted by Gasteiger charge is 2.41. The highest BCUT2D eigenvalue weighted by atomic mass is 19.3. The van der Waals surface area contributed by atoms with E-state index in [9.17, 15) is 18.0 Å². The van der Waals surface area contributed by atoms with E-state index in [0.717, 1.165) is 19.1 Å². The third-order valence-corrected chi connectivity index (χ3v) is 4.08. The second-order valence-corrected chi connectivity index (χ2v) is 6.19. The van der Waals surface area contributed by atoms with E-state index >= 15 is 0 Å². The largest absolute Gasteiger partial charge is 0.495 e. The van der Waals surface area contributed by atoms with Gasteiger partial charge in [-0.3, -0.25) is 10.2 Å². The number of nitrogens with zero attached hydrogens (tertiary/aromatic N) is 2. The monoisotopic (exact) mass is 411 g/mol. The van der Waals surface area contributed by atoms with Crippen LogP contribution in [0.15, 0.2) is 24.4 Å². The molecule has 0 aliphatic carbocycles. The number of nitrogens with two attached hydrogens (primary N) is 1. The quantitative estimate of drug-likeness (QED) is 0.476. The normalized spacial score (nSPS) is 12.2. The van der Waals surface area contributed by atoms with E-state index in [0.29, 0.717) is 11.3 Å². The molecule has 8 nitrogen and oxygen atoms in total. The van der Waals surface area contributed by atoms with Crippen LogP contribution in [0.5, 0.6) is 5.75 Å². The number of rotatable bonds is 7. The van der Waals surface area contributed by atoms with Crippen LogP contribution < -0.4 is 15.8 Å². The first kappa shape index (κ1) is 21.9. The van der Waals surface area contributed by atoms with Gasteiger partial charge in [0.1, 0.15) is 23.1 Å². The van der Waals surface area contributed by atoms with Crippen molar-refractivity contribution in [3.05, 3.63) is 47.2 Å². The lowest BCUT2D eigenvalue weighted by molar-refractivity contribution is -0.0659. The van der Waals surface area contributed by atoms with Gasteiger partial charge in [0.05, 0.1) is 24.9 Å². The zero-order chi connectivity index (χ0) is 21.8. The third-order valence-electron chi connectivity index (χ3n) is 4.08. The molecule has 0 bridgehead atoms. The molecule has 2 heterocycles. The Morgan fingerprint density at radius 2 is 2.10 bits per heavy atom. The Labute approximate surface area is 164 Å². The standard InChI is InChI=1S/C18H20F3N5O3/c1-9-6-11(28-3)7-24-14(9)16(27)26-13-5-4-12(19)15(25-13)10(2)18(20,21)8-29-17(22)23/h4-7,10H,8H2,1-3H3,(H3,22,23)(H,25,26,27)/t10-/m0/s1. The molecule has 1 atom stereocenters. The lowest BCUT2D eigenvalue weighted by atomic mass is 9.99. The number of amides is 1. The van der Waals surface area contributed by atoms with E-state index in [-0.39, 0.29) is 11.5 Å². The summed E-state index contributed by atoms with van der Waals surface area (Å²) in [6.45, 7) is 1.48. The Hall–Kier alpha value is -3.37. The number of aryl methyl sites for hydroxylation is 1. The van der Waals surface area contributed by atoms with Gasteiger partial charge < -0.3 is 20.5 Å². The van der Waals surface area contributed by atoms with Crippen molar-refractivity contribution in [2.45, 2.75) is 25.7 Å². The molecule has 1 amide bonds. The van der Waals surface area contributed by atoms with Gasteiger partial charge in [0.25, 0.3) is 17.9 Å². The number of hydrogen-bond donors (Lipinski definition) is 3. The number of alkyl halides is 2. The van der Waals surface area contributed by atoms with Crippen LogP contribution in [0.2, 0.25) is 0 Å². The minimum absolute atomic E-state index is 0.0757. The van der Waals surface area contributed by atoms with Gasteiger partial charge in [0.15, 0.2) is 6.61 Å². The zero-order valence-electron chi connectivity index (χ0n) is 15.9. The molecule has 0 aliphatic heterocycles. The first-order valence-electron chi connectivity index (χ1n) is 8.38. The van der Waals surface area contributed by atoms with Gasteiger partial charge in [0, 0.05) is 0 Å². The minimum Gasteiger partial charge on any atom is -0.495 e. The lowest BCUT2D eigenvalue weighted by Crippen LogP contribution is -2.34. The molecule has 0 spiro atoms. The van der Waals surface area contributed by atoms with Crippen molar-refractivity contribution in [3.63, 3.8) is 0 Å². The molecule has 0 aliphatic rings. The van der Waals surface area contributed by atoms with Gasteiger partial charge >= 0.3 is 0 Å². The predicted molar refractivity (Wildman–Crippen MR) is 98.9 cm³/mol. The van der Waals surface area contributed by atoms with Crippen LogP contribution in [-0.2, 0) is 4.74 Å². The maximum Gasteiger partial charge on any atom is 0.289 e. The van der Waals surface area contributed by atoms with Crippen LogP contribution in [0.25, 0.3) is 0 Å². The molecule has 0 saturated carbocycles. The average Bonchev–Trinajstić information content (AvgIpc) is 2.67. The summed E-state index contributed by atoms with van der Waals surface area (Å²) in [6, 6.07) is 2.79. The number of amidine groups is 1. The van der Waals surface area contributed by atoms with Crippen LogP contribution in [0.3, 0.4) is 0 Å². The topological polar surface area (TPSA) is 123 Å². The smallest absolute Gasteiger partial charge is 0.289 e. The fourth-order valence-electron chi connectivity index (χ4n) is 2.40. The Balaban J connectivity index is 2.24. The van der Waals surface area contributed by atoms with Crippen molar-refractivity contribution in [2.24, 2.45) is 5.73 Å². The fourth-order valence-corrected chi connectivity index (χ4v) is 2.40. The van der Waals surface area contributed by atoms with E-state index < -0.39 is 41.9 Å². The highest BCUT2D eigenvalue weighted by molar-refractivity contribution is 6.03. The summed E-state index contributed by atoms with van der Waals surface area (Å²) < 4.78 is 51.9. The van der Waals surface area contributed by atoms with E-state index in [1.54, 1.807) is 13.0 Å². The summed E-state index contributed by atoms with van der Waals surface area (Å²) in [6.07, 6.45) is 1.35. The average molecular weight is 411 g/mol. The Bertz CT molecular complexity index is 924. The van der Waals surface area contributed by atoms with Crippen molar-refractivity contribution >= 4 is 17.7 Å². The number of hydrogen-bond acceptors (Lipinski definition) is 6. The summed E-state index contributed by atoms with van der Waals surface area (Å²) in [7, 11) is 1.46. The van der Waals surface area contributed by atoms with Gasteiger partial charge in [0.2, 0.25) is 0 Å². The Kier molecular flexibility index (Phi) is 6.62. The molecule has 2 rings (SSSR count). The van der Waals surface area contributed by atoms with Gasteiger partial charge in [-0.1, -0.05) is 6.92 Å². The van der Waals surface area contributed by atoms with Crippen LogP contribution in [0.1, 0.15) is 34.6 Å². The number of methoxy groups -OCH3 is 1. The molecule has 0 unspecified atom stereocenters. The molecule has 0 fully saturated rings. The van der Waals surface area contributed by atoms with Gasteiger partial charge in [-0.2, -0.15) is 0 Å². The molecule has 2 aromatic rings. The van der Waals surface area contributed by atoms with E-state index in [1.807, 2.05) is 0 Å². The molecular formula is C18H20F3N5O3. The number of carbonyl (C=O) groups excluding carboxylic acids is 1. The number of anilines is 1. The lowest BCUT2D eigenvalue weighted by Gasteiger charge is -2.23. The highest BCUT2D eigenvalue weighted by Crippen LogP contribution is 2.34. The number of pyridine rings is 2. The van der Waals surface area contributed by atoms with Crippen LogP contribution in [-0.4, -0.2) is 41.5 Å². The maximum atomic E-state index is 14.2. The maximum absolute atomic E-state index is 14.2. The van der Waals surface area contributed by atoms with Crippen LogP contribution in [0, 0.1) is 18.2 Å². The third kappa shape index (κ3) is 5.33. The van der Waals surface area contributed by atoms with E-state index in [1.165, 1.54) is 13.3 Å². The molecule has 11 heteroatoms. The van der Waals surface area contributed by atoms with Crippen molar-refractivity contribution in [2.75, 3.05) is 19.0 Å². The van der Waals surface area contributed by atoms with E-state index in [4.69, 9.17) is 15.9 Å². The molecule has 156 valence electrons. The number of aromatic nitrogens is 2. The summed E-state index contributed by atoms with van der Waals surface area (Å²) >= 11 is 0. The predicted octanol–water partition coefficient (Wildman–Crippen LogP) is 2.83. The van der Waals surface area contributed by atoms with E-state index in [2.05, 4.69) is 20.0 Å². The minimum atomic E-state index is -3.56. The van der Waals surface area contributed by atoms with Gasteiger partial charge in [-0.05, 0) is 30.7 Å². The second kappa shape index (κ2) is 8.76. The SMILES string of the molecule is COc1cnc(C(=O)Nc2ccc(F)c([C@H](C)C(F)(F)COC(=N)N)n2)c(C)c1. The van der Waals surface area contributed by atoms with Crippen molar-refractivity contribution in [1.82, 2.24) is 9.97 Å². The summed E-state index contributed by atoms with van der Waals surface area (Å²) in [5.74, 6) is -6.55. The molecule has 0 saturated heterocycles. The zero-order valence-corrected chi connectivity index (χ0v) is 15.9. The van der Waals surface area contributed by atoms with Crippen LogP contribution in [0.4, 0.5) is 19.0 Å². The molecular weight excluding hydrogens is 391 g/mol. The number of halogens is 3. The van der Waals surface area contributed by atoms with Crippen LogP contribution >= 0.6 is 0 Å². The molecule has 2 aromatic heterocycles.